The van der Waals surface area contributed by atoms with Crippen molar-refractivity contribution in [3.05, 3.63) is 28.8 Å². The van der Waals surface area contributed by atoms with Crippen molar-refractivity contribution in [1.82, 2.24) is 0 Å². The van der Waals surface area contributed by atoms with Gasteiger partial charge in [0.15, 0.2) is 0 Å². The first-order valence-corrected chi connectivity index (χ1v) is 9.04. The molecular formula is C17H28OS2. The first-order valence-electron chi connectivity index (χ1n) is 7.07. The molecule has 1 rings (SSSR count). The van der Waals surface area contributed by atoms with Crippen molar-refractivity contribution in [3.8, 4) is 5.75 Å². The van der Waals surface area contributed by atoms with Crippen LogP contribution in [0.4, 0.5) is 0 Å². The number of benzene rings is 1. The highest BCUT2D eigenvalue weighted by Gasteiger charge is 2.15. The molecule has 0 aromatic heterocycles. The molecule has 114 valence electrons. The predicted molar refractivity (Wildman–Crippen MR) is 94.9 cm³/mol. The van der Waals surface area contributed by atoms with Crippen molar-refractivity contribution in [2.24, 2.45) is 0 Å². The van der Waals surface area contributed by atoms with E-state index in [-0.39, 0.29) is 9.49 Å². The van der Waals surface area contributed by atoms with Crippen molar-refractivity contribution in [3.63, 3.8) is 0 Å². The zero-order valence-corrected chi connectivity index (χ0v) is 15.5. The predicted octanol–water partition coefficient (Wildman–Crippen LogP) is 5.76. The Morgan fingerprint density at radius 3 is 1.75 bits per heavy atom. The summed E-state index contributed by atoms with van der Waals surface area (Å²) in [6.45, 7) is 15.4. The maximum Gasteiger partial charge on any atom is 0.119 e. The van der Waals surface area contributed by atoms with E-state index in [0.29, 0.717) is 5.75 Å². The lowest BCUT2D eigenvalue weighted by molar-refractivity contribution is 0.470. The Morgan fingerprint density at radius 1 is 0.850 bits per heavy atom. The van der Waals surface area contributed by atoms with Crippen LogP contribution in [0.2, 0.25) is 0 Å². The summed E-state index contributed by atoms with van der Waals surface area (Å²) in [6.07, 6.45) is 0. The van der Waals surface area contributed by atoms with Crippen LogP contribution in [0.1, 0.15) is 58.2 Å². The zero-order valence-electron chi connectivity index (χ0n) is 13.8. The molecule has 0 saturated heterocycles. The van der Waals surface area contributed by atoms with E-state index in [1.165, 1.54) is 11.1 Å². The Morgan fingerprint density at radius 2 is 1.30 bits per heavy atom. The second kappa shape index (κ2) is 6.65. The maximum absolute atomic E-state index is 10.1. The van der Waals surface area contributed by atoms with Gasteiger partial charge in [-0.15, -0.1) is 0 Å². The standard InChI is InChI=1S/C17H28OS2/c1-12-8-15(18)14(11-20-17(5,6)7)9-13(12)10-19-16(2,3)4/h8-9,18H,10-11H2,1-7H3. The summed E-state index contributed by atoms with van der Waals surface area (Å²) in [7, 11) is 0. The van der Waals surface area contributed by atoms with Gasteiger partial charge < -0.3 is 5.11 Å². The van der Waals surface area contributed by atoms with Gasteiger partial charge in [0.05, 0.1) is 0 Å². The van der Waals surface area contributed by atoms with Crippen LogP contribution in [0.25, 0.3) is 0 Å². The Bertz CT molecular complexity index is 414. The number of aromatic hydroxyl groups is 1. The number of phenols is 1. The largest absolute Gasteiger partial charge is 0.508 e. The van der Waals surface area contributed by atoms with Crippen LogP contribution in [-0.2, 0) is 11.5 Å². The molecule has 0 aliphatic rings. The molecule has 1 aromatic rings. The molecule has 0 saturated carbocycles. The number of rotatable bonds is 4. The Labute approximate surface area is 132 Å². The van der Waals surface area contributed by atoms with Crippen LogP contribution in [-0.4, -0.2) is 14.6 Å². The molecule has 0 aliphatic heterocycles. The van der Waals surface area contributed by atoms with Crippen LogP contribution in [0.5, 0.6) is 5.75 Å². The zero-order chi connectivity index (χ0) is 15.6. The molecule has 0 unspecified atom stereocenters. The second-order valence-electron chi connectivity index (χ2n) is 7.21. The lowest BCUT2D eigenvalue weighted by atomic mass is 10.1. The van der Waals surface area contributed by atoms with Gasteiger partial charge in [-0.25, -0.2) is 0 Å². The van der Waals surface area contributed by atoms with Crippen molar-refractivity contribution in [1.29, 1.82) is 0 Å². The minimum absolute atomic E-state index is 0.220. The molecule has 0 spiro atoms. The van der Waals surface area contributed by atoms with Gasteiger partial charge >= 0.3 is 0 Å². The summed E-state index contributed by atoms with van der Waals surface area (Å²) in [5, 5.41) is 10.1. The smallest absolute Gasteiger partial charge is 0.119 e. The molecular weight excluding hydrogens is 284 g/mol. The van der Waals surface area contributed by atoms with Crippen LogP contribution in [0, 0.1) is 6.92 Å². The quantitative estimate of drug-likeness (QED) is 0.762. The van der Waals surface area contributed by atoms with Gasteiger partial charge in [-0.1, -0.05) is 47.6 Å². The van der Waals surface area contributed by atoms with Crippen LogP contribution in [0.15, 0.2) is 12.1 Å². The van der Waals surface area contributed by atoms with Gasteiger partial charge in [0.2, 0.25) is 0 Å². The third-order valence-corrected chi connectivity index (χ3v) is 5.50. The monoisotopic (exact) mass is 312 g/mol. The van der Waals surface area contributed by atoms with Gasteiger partial charge in [-0.3, -0.25) is 0 Å². The third kappa shape index (κ3) is 6.45. The fraction of sp³-hybridized carbons (Fsp3) is 0.647. The van der Waals surface area contributed by atoms with E-state index >= 15 is 0 Å². The molecule has 1 N–H and O–H groups in total. The molecule has 0 fully saturated rings. The van der Waals surface area contributed by atoms with E-state index in [4.69, 9.17) is 0 Å². The molecule has 1 aromatic carbocycles. The molecule has 0 atom stereocenters. The molecule has 0 radical (unpaired) electrons. The first kappa shape index (κ1) is 17.8. The number of hydrogen-bond acceptors (Lipinski definition) is 3. The van der Waals surface area contributed by atoms with E-state index < -0.39 is 0 Å². The van der Waals surface area contributed by atoms with Gasteiger partial charge in [0.1, 0.15) is 5.75 Å². The molecule has 0 amide bonds. The molecule has 3 heteroatoms. The van der Waals surface area contributed by atoms with E-state index in [1.807, 2.05) is 29.6 Å². The normalized spacial score (nSPS) is 12.8. The van der Waals surface area contributed by atoms with Crippen LogP contribution in [0.3, 0.4) is 0 Å². The van der Waals surface area contributed by atoms with Crippen molar-refractivity contribution >= 4 is 23.5 Å². The molecule has 0 heterocycles. The first-order chi connectivity index (χ1) is 8.98. The Kier molecular flexibility index (Phi) is 5.91. The average molecular weight is 313 g/mol. The van der Waals surface area contributed by atoms with Gasteiger partial charge in [0.25, 0.3) is 0 Å². The summed E-state index contributed by atoms with van der Waals surface area (Å²) in [4.78, 5) is 0. The fourth-order valence-corrected chi connectivity index (χ4v) is 3.37. The van der Waals surface area contributed by atoms with Crippen molar-refractivity contribution in [2.45, 2.75) is 69.5 Å². The van der Waals surface area contributed by atoms with Crippen molar-refractivity contribution in [2.75, 3.05) is 0 Å². The van der Waals surface area contributed by atoms with Gasteiger partial charge in [0, 0.05) is 26.6 Å². The summed E-state index contributed by atoms with van der Waals surface area (Å²) in [5.74, 6) is 2.30. The average Bonchev–Trinajstić information content (AvgIpc) is 2.24. The van der Waals surface area contributed by atoms with Crippen molar-refractivity contribution < 1.29 is 5.11 Å². The van der Waals surface area contributed by atoms with E-state index in [2.05, 4.69) is 54.5 Å². The summed E-state index contributed by atoms with van der Waals surface area (Å²) in [6, 6.07) is 4.10. The van der Waals surface area contributed by atoms with Crippen LogP contribution >= 0.6 is 23.5 Å². The lowest BCUT2D eigenvalue weighted by Gasteiger charge is -2.20. The highest BCUT2D eigenvalue weighted by Crippen LogP contribution is 2.34. The highest BCUT2D eigenvalue weighted by molar-refractivity contribution is 8.00. The highest BCUT2D eigenvalue weighted by atomic mass is 32.2. The second-order valence-corrected chi connectivity index (χ2v) is 10.8. The topological polar surface area (TPSA) is 20.2 Å². The number of phenolic OH excluding ortho intramolecular Hbond substituents is 1. The minimum Gasteiger partial charge on any atom is -0.508 e. The van der Waals surface area contributed by atoms with Gasteiger partial charge in [-0.05, 0) is 24.1 Å². The SMILES string of the molecule is Cc1cc(O)c(CSC(C)(C)C)cc1CSC(C)(C)C. The summed E-state index contributed by atoms with van der Waals surface area (Å²) in [5.41, 5.74) is 3.58. The third-order valence-electron chi connectivity index (χ3n) is 2.86. The van der Waals surface area contributed by atoms with E-state index in [1.54, 1.807) is 0 Å². The summed E-state index contributed by atoms with van der Waals surface area (Å²) < 4.78 is 0.488. The maximum atomic E-state index is 10.1. The van der Waals surface area contributed by atoms with E-state index in [0.717, 1.165) is 17.1 Å². The molecule has 0 aliphatic carbocycles. The number of hydrogen-bond donors (Lipinski definition) is 1. The number of aryl methyl sites for hydroxylation is 1. The minimum atomic E-state index is 0.220. The molecule has 1 nitrogen and oxygen atoms in total. The van der Waals surface area contributed by atoms with E-state index in [9.17, 15) is 5.11 Å². The Hall–Kier alpha value is -0.280. The molecule has 0 bridgehead atoms. The van der Waals surface area contributed by atoms with Crippen LogP contribution < -0.4 is 0 Å². The summed E-state index contributed by atoms with van der Waals surface area (Å²) >= 11 is 3.82. The fourth-order valence-electron chi connectivity index (χ4n) is 1.65. The lowest BCUT2D eigenvalue weighted by Crippen LogP contribution is -2.09. The molecule has 20 heavy (non-hydrogen) atoms. The van der Waals surface area contributed by atoms with Gasteiger partial charge in [-0.2, -0.15) is 23.5 Å². The Balaban J connectivity index is 2.86. The number of thioether (sulfide) groups is 2.